The number of fused-ring (bicyclic) bond motifs is 2. The van der Waals surface area contributed by atoms with E-state index in [4.69, 9.17) is 30.8 Å². The van der Waals surface area contributed by atoms with Crippen molar-refractivity contribution >= 4 is 94.4 Å². The zero-order chi connectivity index (χ0) is 46.4. The Morgan fingerprint density at radius 3 is 0.910 bits per heavy atom. The van der Waals surface area contributed by atoms with Crippen LogP contribution in [0.15, 0.2) is 255 Å². The molecule has 0 radical (unpaired) electrons. The van der Waals surface area contributed by atoms with Gasteiger partial charge in [-0.15, -0.1) is 0 Å². The number of benzene rings is 10. The third kappa shape index (κ3) is 11.4. The molecule has 0 saturated carbocycles. The average Bonchev–Trinajstić information content (AvgIpc) is 3.40. The van der Waals surface area contributed by atoms with E-state index < -0.39 is 15.8 Å². The molecule has 0 aliphatic rings. The van der Waals surface area contributed by atoms with Crippen LogP contribution in [0.5, 0.6) is 0 Å². The van der Waals surface area contributed by atoms with E-state index in [2.05, 4.69) is 194 Å². The van der Waals surface area contributed by atoms with Gasteiger partial charge < -0.3 is 11.5 Å². The number of hydrogen-bond acceptors (Lipinski definition) is 3. The SMILES string of the molecule is NC(c1ccccc1)C(N)c1ccccc1.O=C(c1c([PH+](c2ccccc2)c2ccccc2)ccc2ccccc12)c1c([PH+](c2ccccc2)c2ccccc2)ccc2ccccc12.[Cl][Ru+2][Cl]. The predicted octanol–water partition coefficient (Wildman–Crippen LogP) is 12.0. The van der Waals surface area contributed by atoms with E-state index in [1.165, 1.54) is 21.2 Å². The molecule has 10 aromatic carbocycles. The number of carbonyl (C=O) groups is 1. The van der Waals surface area contributed by atoms with Gasteiger partial charge in [0.25, 0.3) is 0 Å². The van der Waals surface area contributed by atoms with Gasteiger partial charge in [-0.3, -0.25) is 4.79 Å². The Labute approximate surface area is 412 Å². The van der Waals surface area contributed by atoms with E-state index in [0.717, 1.165) is 54.4 Å². The topological polar surface area (TPSA) is 69.1 Å². The minimum atomic E-state index is -1.55. The van der Waals surface area contributed by atoms with E-state index in [1.54, 1.807) is 0 Å². The Morgan fingerprint density at radius 2 is 0.612 bits per heavy atom. The monoisotopic (exact) mass is 1040 g/mol. The van der Waals surface area contributed by atoms with Crippen LogP contribution in [0.3, 0.4) is 0 Å². The van der Waals surface area contributed by atoms with Crippen molar-refractivity contribution in [1.82, 2.24) is 0 Å². The van der Waals surface area contributed by atoms with Gasteiger partial charge in [-0.05, 0) is 93.3 Å². The van der Waals surface area contributed by atoms with Crippen LogP contribution in [-0.2, 0) is 15.1 Å². The predicted molar refractivity (Wildman–Crippen MR) is 290 cm³/mol. The molecule has 3 nitrogen and oxygen atoms in total. The molecule has 2 unspecified atom stereocenters. The van der Waals surface area contributed by atoms with Gasteiger partial charge in [0.1, 0.15) is 31.8 Å². The standard InChI is InChI=1S/C45H32OP2.C14H16N2.2ClH.Ru/c46-45(43-39-27-15-13-17-33(39)29-31-41(43)47(35-19-5-1-6-20-35)36-21-7-2-8-22-36)44-40-28-16-14-18-34(40)30-32-42(44)48(37-23-9-3-10-24-37)38-25-11-4-12-26-38;15-13(11-7-3-1-4-8-11)14(16)12-9-5-2-6-10-12;;;/h1-32H;1-10,13-14H,15-16H2;2*1H;/q;;;;+4. The van der Waals surface area contributed by atoms with Crippen LogP contribution in [0.25, 0.3) is 21.5 Å². The summed E-state index contributed by atoms with van der Waals surface area (Å²) in [5.41, 5.74) is 16.1. The van der Waals surface area contributed by atoms with Gasteiger partial charge in [0.05, 0.1) is 27.0 Å². The summed E-state index contributed by atoms with van der Waals surface area (Å²) >= 11 is -0.346. The van der Waals surface area contributed by atoms with Crippen molar-refractivity contribution in [3.8, 4) is 0 Å². The van der Waals surface area contributed by atoms with Crippen molar-refractivity contribution in [2.75, 3.05) is 0 Å². The van der Waals surface area contributed by atoms with E-state index in [0.29, 0.717) is 0 Å². The minimum absolute atomic E-state index is 0.0947. The molecule has 8 heteroatoms. The number of hydrogen-bond donors (Lipinski definition) is 2. The molecule has 2 atom stereocenters. The summed E-state index contributed by atoms with van der Waals surface area (Å²) < 4.78 is 0. The molecule has 67 heavy (non-hydrogen) atoms. The summed E-state index contributed by atoms with van der Waals surface area (Å²) in [6, 6.07) is 88.2. The van der Waals surface area contributed by atoms with Crippen molar-refractivity contribution in [2.24, 2.45) is 11.5 Å². The number of ketones is 1. The number of nitrogens with two attached hydrogens (primary N) is 2. The zero-order valence-corrected chi connectivity index (χ0v) is 41.8. The molecule has 10 aromatic rings. The van der Waals surface area contributed by atoms with Gasteiger partial charge in [0.15, 0.2) is 0 Å². The second-order valence-corrected chi connectivity index (χ2v) is 23.4. The summed E-state index contributed by atoms with van der Waals surface area (Å²) in [6.45, 7) is 0. The third-order valence-electron chi connectivity index (χ3n) is 11.9. The molecule has 0 aromatic heterocycles. The second kappa shape index (κ2) is 23.9. The molecule has 0 heterocycles. The van der Waals surface area contributed by atoms with E-state index >= 15 is 4.79 Å². The fourth-order valence-electron chi connectivity index (χ4n) is 8.71. The Morgan fingerprint density at radius 1 is 0.358 bits per heavy atom. The molecule has 10 rings (SSSR count). The molecule has 0 aliphatic carbocycles. The summed E-state index contributed by atoms with van der Waals surface area (Å²) in [6.07, 6.45) is 0. The quantitative estimate of drug-likeness (QED) is 0.0770. The van der Waals surface area contributed by atoms with Crippen LogP contribution in [0.4, 0.5) is 0 Å². The molecule has 4 N–H and O–H groups in total. The van der Waals surface area contributed by atoms with Gasteiger partial charge in [-0.25, -0.2) is 0 Å². The number of carbonyl (C=O) groups excluding carboxylic acids is 1. The third-order valence-corrected chi connectivity index (χ3v) is 17.4. The van der Waals surface area contributed by atoms with Gasteiger partial charge in [0.2, 0.25) is 5.78 Å². The van der Waals surface area contributed by atoms with Crippen LogP contribution in [0.2, 0.25) is 0 Å². The van der Waals surface area contributed by atoms with Crippen LogP contribution in [0.1, 0.15) is 39.1 Å². The molecule has 330 valence electrons. The maximum atomic E-state index is 15.9. The summed E-state index contributed by atoms with van der Waals surface area (Å²) in [5.74, 6) is 0.0947. The fraction of sp³-hybridized carbons (Fsp3) is 0.0339. The van der Waals surface area contributed by atoms with Crippen molar-refractivity contribution in [2.45, 2.75) is 12.1 Å². The van der Waals surface area contributed by atoms with Crippen LogP contribution in [-0.4, -0.2) is 5.78 Å². The molecular formula is C59H50Cl2N2OP2Ru+4. The molecule has 0 amide bonds. The molecular weight excluding hydrogens is 987 g/mol. The van der Waals surface area contributed by atoms with E-state index in [1.807, 2.05) is 60.7 Å². The fourth-order valence-corrected chi connectivity index (χ4v) is 14.2. The van der Waals surface area contributed by atoms with Crippen molar-refractivity contribution in [1.29, 1.82) is 0 Å². The Balaban J connectivity index is 0.000000268. The number of rotatable bonds is 11. The molecule has 0 aliphatic heterocycles. The summed E-state index contributed by atoms with van der Waals surface area (Å²) in [4.78, 5) is 15.9. The Hall–Kier alpha value is -5.63. The van der Waals surface area contributed by atoms with Gasteiger partial charge in [-0.2, -0.15) is 0 Å². The van der Waals surface area contributed by atoms with Crippen molar-refractivity contribution in [3.63, 3.8) is 0 Å². The first-order chi connectivity index (χ1) is 33.0. The summed E-state index contributed by atoms with van der Waals surface area (Å²) in [7, 11) is 6.61. The molecule has 0 bridgehead atoms. The Kier molecular flexibility index (Phi) is 17.1. The van der Waals surface area contributed by atoms with E-state index in [9.17, 15) is 0 Å². The van der Waals surface area contributed by atoms with Crippen LogP contribution >= 0.6 is 35.2 Å². The molecule has 0 spiro atoms. The molecule has 0 fully saturated rings. The average molecular weight is 1040 g/mol. The van der Waals surface area contributed by atoms with Crippen LogP contribution < -0.4 is 43.3 Å². The summed E-state index contributed by atoms with van der Waals surface area (Å²) in [5, 5.41) is 11.4. The van der Waals surface area contributed by atoms with Crippen LogP contribution in [0, 0.1) is 0 Å². The first-order valence-corrected chi connectivity index (χ1v) is 29.5. The van der Waals surface area contributed by atoms with Gasteiger partial charge >= 0.3 is 34.5 Å². The Bertz CT molecular complexity index is 2840. The normalized spacial score (nSPS) is 11.9. The van der Waals surface area contributed by atoms with Crippen molar-refractivity contribution in [3.05, 3.63) is 277 Å². The zero-order valence-electron chi connectivity index (χ0n) is 36.6. The van der Waals surface area contributed by atoms with E-state index in [-0.39, 0.29) is 33.0 Å². The van der Waals surface area contributed by atoms with Gasteiger partial charge in [-0.1, -0.05) is 194 Å². The second-order valence-electron chi connectivity index (χ2n) is 15.9. The first-order valence-electron chi connectivity index (χ1n) is 22.0. The maximum absolute atomic E-state index is 15.9. The van der Waals surface area contributed by atoms with Crippen molar-refractivity contribution < 1.29 is 19.9 Å². The first kappa shape index (κ1) is 47.9. The van der Waals surface area contributed by atoms with Gasteiger partial charge in [0, 0.05) is 12.1 Å². The molecule has 0 saturated heterocycles. The number of halogens is 2.